The molecule has 0 aliphatic carbocycles. The third kappa shape index (κ3) is 8.40. The van der Waals surface area contributed by atoms with E-state index in [1.165, 1.54) is 4.68 Å². The lowest BCUT2D eigenvalue weighted by Gasteiger charge is -2.19. The number of nitrogens with zero attached hydrogens (tertiary/aromatic N) is 6. The Morgan fingerprint density at radius 1 is 1.00 bits per heavy atom. The highest BCUT2D eigenvalue weighted by Gasteiger charge is 2.23. The Bertz CT molecular complexity index is 1680. The molecule has 0 spiro atoms. The predicted molar refractivity (Wildman–Crippen MR) is 167 cm³/mol. The lowest BCUT2D eigenvalue weighted by molar-refractivity contribution is -0.131. The van der Waals surface area contributed by atoms with E-state index >= 15 is 0 Å². The number of carbonyl (C=O) groups is 2. The van der Waals surface area contributed by atoms with Crippen molar-refractivity contribution in [3.8, 4) is 22.7 Å². The van der Waals surface area contributed by atoms with E-state index in [-0.39, 0.29) is 29.3 Å². The number of ether oxygens (including phenoxy) is 1. The molecular formula is C33H39N7O5. The third-order valence-corrected chi connectivity index (χ3v) is 7.38. The second-order valence-electron chi connectivity index (χ2n) is 12.2. The van der Waals surface area contributed by atoms with Crippen molar-refractivity contribution in [1.29, 1.82) is 0 Å². The molecule has 1 aliphatic heterocycles. The summed E-state index contributed by atoms with van der Waals surface area (Å²) in [6, 6.07) is 11.3. The summed E-state index contributed by atoms with van der Waals surface area (Å²) < 4.78 is 12.3. The fourth-order valence-electron chi connectivity index (χ4n) is 5.11. The lowest BCUT2D eigenvalue weighted by Crippen LogP contribution is -2.33. The second kappa shape index (κ2) is 13.8. The molecule has 0 fully saturated rings. The van der Waals surface area contributed by atoms with E-state index in [9.17, 15) is 14.4 Å². The maximum absolute atomic E-state index is 13.4. The largest absolute Gasteiger partial charge is 0.444 e. The Balaban J connectivity index is 1.22. The van der Waals surface area contributed by atoms with Gasteiger partial charge in [-0.2, -0.15) is 5.10 Å². The van der Waals surface area contributed by atoms with Crippen molar-refractivity contribution in [2.24, 2.45) is 0 Å². The molecule has 0 bridgehead atoms. The summed E-state index contributed by atoms with van der Waals surface area (Å²) in [4.78, 5) is 44.2. The van der Waals surface area contributed by atoms with E-state index in [2.05, 4.69) is 25.6 Å². The molecule has 3 aromatic heterocycles. The standard InChI is InChI=1S/C33H39N7O5/c1-22-36-37-30(44-22)27-18-28(38-40(31(27)42)16-8-6-5-7-14-35-32(43)45-33(2,3)4)24-11-9-23(10-12-24)17-29(41)39-20-25-13-15-34-19-26(25)21-39/h9-13,15,18-19H,5-8,14,16-17,20-21H2,1-4H3,(H,35,43). The van der Waals surface area contributed by atoms with Gasteiger partial charge < -0.3 is 19.4 Å². The smallest absolute Gasteiger partial charge is 0.407 e. The summed E-state index contributed by atoms with van der Waals surface area (Å²) in [7, 11) is 0. The molecule has 0 saturated carbocycles. The van der Waals surface area contributed by atoms with Gasteiger partial charge in [0.25, 0.3) is 11.4 Å². The molecule has 45 heavy (non-hydrogen) atoms. The molecule has 2 amide bonds. The van der Waals surface area contributed by atoms with Crippen molar-refractivity contribution in [1.82, 2.24) is 35.2 Å². The molecule has 4 heterocycles. The fraction of sp³-hybridized carbons (Fsp3) is 0.424. The Morgan fingerprint density at radius 3 is 2.47 bits per heavy atom. The van der Waals surface area contributed by atoms with Crippen LogP contribution in [0.4, 0.5) is 4.79 Å². The molecule has 1 aromatic carbocycles. The highest BCUT2D eigenvalue weighted by atomic mass is 16.6. The SMILES string of the molecule is Cc1nnc(-c2cc(-c3ccc(CC(=O)N4Cc5ccncc5C4)cc3)nn(CCCCCCNC(=O)OC(C)(C)C)c2=O)o1. The minimum absolute atomic E-state index is 0.0558. The molecule has 12 nitrogen and oxygen atoms in total. The second-order valence-corrected chi connectivity index (χ2v) is 12.2. The number of nitrogens with one attached hydrogen (secondary N) is 1. The number of unbranched alkanes of at least 4 members (excludes halogenated alkanes) is 3. The zero-order chi connectivity index (χ0) is 32.0. The molecule has 236 valence electrons. The van der Waals surface area contributed by atoms with Crippen LogP contribution in [0.25, 0.3) is 22.7 Å². The summed E-state index contributed by atoms with van der Waals surface area (Å²) in [5, 5.41) is 15.4. The van der Waals surface area contributed by atoms with Crippen LogP contribution in [0.2, 0.25) is 0 Å². The van der Waals surface area contributed by atoms with Crippen molar-refractivity contribution in [3.05, 3.63) is 81.7 Å². The number of aryl methyl sites for hydroxylation is 2. The molecule has 1 aliphatic rings. The number of alkyl carbamates (subject to hydrolysis) is 1. The maximum atomic E-state index is 13.4. The number of rotatable bonds is 11. The van der Waals surface area contributed by atoms with Gasteiger partial charge in [0, 0.05) is 51.1 Å². The minimum atomic E-state index is -0.530. The van der Waals surface area contributed by atoms with E-state index in [0.717, 1.165) is 47.9 Å². The number of aromatic nitrogens is 5. The van der Waals surface area contributed by atoms with Crippen molar-refractivity contribution >= 4 is 12.0 Å². The van der Waals surface area contributed by atoms with Gasteiger partial charge in [0.15, 0.2) is 0 Å². The van der Waals surface area contributed by atoms with Gasteiger partial charge in [0.05, 0.1) is 12.1 Å². The van der Waals surface area contributed by atoms with Gasteiger partial charge in [-0.3, -0.25) is 14.6 Å². The van der Waals surface area contributed by atoms with Crippen LogP contribution in [-0.4, -0.2) is 54.0 Å². The third-order valence-electron chi connectivity index (χ3n) is 7.38. The average molecular weight is 614 g/mol. The quantitative estimate of drug-likeness (QED) is 0.235. The van der Waals surface area contributed by atoms with Gasteiger partial charge >= 0.3 is 6.09 Å². The zero-order valence-electron chi connectivity index (χ0n) is 26.2. The monoisotopic (exact) mass is 613 g/mol. The van der Waals surface area contributed by atoms with E-state index in [0.29, 0.717) is 37.8 Å². The van der Waals surface area contributed by atoms with E-state index < -0.39 is 11.7 Å². The number of benzene rings is 1. The first-order valence-corrected chi connectivity index (χ1v) is 15.2. The van der Waals surface area contributed by atoms with Crippen molar-refractivity contribution < 1.29 is 18.7 Å². The molecule has 5 rings (SSSR count). The Morgan fingerprint density at radius 2 is 1.76 bits per heavy atom. The first-order valence-electron chi connectivity index (χ1n) is 15.2. The van der Waals surface area contributed by atoms with Crippen molar-refractivity contribution in [3.63, 3.8) is 0 Å². The van der Waals surface area contributed by atoms with Crippen molar-refractivity contribution in [2.75, 3.05) is 6.54 Å². The highest BCUT2D eigenvalue weighted by molar-refractivity contribution is 5.79. The van der Waals surface area contributed by atoms with Crippen LogP contribution in [0, 0.1) is 6.92 Å². The average Bonchev–Trinajstić information content (AvgIpc) is 3.63. The van der Waals surface area contributed by atoms with Gasteiger partial charge in [-0.25, -0.2) is 9.48 Å². The summed E-state index contributed by atoms with van der Waals surface area (Å²) in [5.74, 6) is 0.563. The van der Waals surface area contributed by atoms with Gasteiger partial charge in [-0.15, -0.1) is 10.2 Å². The predicted octanol–water partition coefficient (Wildman–Crippen LogP) is 4.83. The fourth-order valence-corrected chi connectivity index (χ4v) is 5.11. The van der Waals surface area contributed by atoms with Crippen LogP contribution >= 0.6 is 0 Å². The van der Waals surface area contributed by atoms with Crippen LogP contribution in [0.3, 0.4) is 0 Å². The van der Waals surface area contributed by atoms with Gasteiger partial charge in [0.1, 0.15) is 11.2 Å². The number of hydrogen-bond acceptors (Lipinski definition) is 9. The van der Waals surface area contributed by atoms with Crippen LogP contribution in [0.15, 0.2) is 58.0 Å². The number of fused-ring (bicyclic) bond motifs is 1. The molecular weight excluding hydrogens is 574 g/mol. The van der Waals surface area contributed by atoms with Crippen LogP contribution in [0.1, 0.15) is 69.0 Å². The maximum Gasteiger partial charge on any atom is 0.407 e. The highest BCUT2D eigenvalue weighted by Crippen LogP contribution is 2.24. The summed E-state index contributed by atoms with van der Waals surface area (Å²) >= 11 is 0. The van der Waals surface area contributed by atoms with Crippen molar-refractivity contribution in [2.45, 2.75) is 85.0 Å². The number of carbonyl (C=O) groups excluding carboxylic acids is 2. The first kappa shape index (κ1) is 31.6. The molecule has 0 radical (unpaired) electrons. The molecule has 0 atom stereocenters. The van der Waals surface area contributed by atoms with Gasteiger partial charge in [0.2, 0.25) is 11.8 Å². The molecule has 12 heteroatoms. The zero-order valence-corrected chi connectivity index (χ0v) is 26.2. The Kier molecular flexibility index (Phi) is 9.70. The number of hydrogen-bond donors (Lipinski definition) is 1. The minimum Gasteiger partial charge on any atom is -0.444 e. The summed E-state index contributed by atoms with van der Waals surface area (Å²) in [6.07, 6.45) is 6.68. The van der Waals surface area contributed by atoms with Gasteiger partial charge in [-0.1, -0.05) is 37.1 Å². The Labute approximate surface area is 261 Å². The Hall–Kier alpha value is -4.87. The van der Waals surface area contributed by atoms with E-state index in [4.69, 9.17) is 9.15 Å². The number of amides is 2. The summed E-state index contributed by atoms with van der Waals surface area (Å²) in [5.41, 5.74) is 3.94. The van der Waals surface area contributed by atoms with Crippen LogP contribution in [0.5, 0.6) is 0 Å². The van der Waals surface area contributed by atoms with Gasteiger partial charge in [-0.05, 0) is 62.4 Å². The number of pyridine rings is 1. The van der Waals surface area contributed by atoms with E-state index in [1.807, 2.05) is 62.2 Å². The lowest BCUT2D eigenvalue weighted by atomic mass is 10.1. The molecule has 4 aromatic rings. The molecule has 0 saturated heterocycles. The topological polar surface area (TPSA) is 145 Å². The van der Waals surface area contributed by atoms with E-state index in [1.54, 1.807) is 19.2 Å². The molecule has 0 unspecified atom stereocenters. The first-order chi connectivity index (χ1) is 21.6. The summed E-state index contributed by atoms with van der Waals surface area (Å²) in [6.45, 7) is 9.26. The van der Waals surface area contributed by atoms with Crippen LogP contribution in [-0.2, 0) is 35.6 Å². The van der Waals surface area contributed by atoms with Crippen LogP contribution < -0.4 is 10.9 Å². The molecule has 1 N–H and O–H groups in total. The normalized spacial score (nSPS) is 12.7.